The Morgan fingerprint density at radius 1 is 1.17 bits per heavy atom. The fourth-order valence-electron chi connectivity index (χ4n) is 1.91. The van der Waals surface area contributed by atoms with Crippen LogP contribution in [0.1, 0.15) is 15.9 Å². The third kappa shape index (κ3) is 4.02. The predicted molar refractivity (Wildman–Crippen MR) is 88.4 cm³/mol. The summed E-state index contributed by atoms with van der Waals surface area (Å²) in [7, 11) is -3.76. The van der Waals surface area contributed by atoms with Gasteiger partial charge in [-0.3, -0.25) is 14.9 Å². The van der Waals surface area contributed by atoms with Crippen molar-refractivity contribution in [1.29, 1.82) is 0 Å². The van der Waals surface area contributed by atoms with Gasteiger partial charge in [-0.25, -0.2) is 8.42 Å². The highest BCUT2D eigenvalue weighted by atomic mass is 79.9. The van der Waals surface area contributed by atoms with Gasteiger partial charge in [0, 0.05) is 11.6 Å². The molecule has 8 heteroatoms. The highest BCUT2D eigenvalue weighted by molar-refractivity contribution is 9.10. The van der Waals surface area contributed by atoms with Crippen molar-refractivity contribution in [3.8, 4) is 0 Å². The molecule has 0 spiro atoms. The van der Waals surface area contributed by atoms with Crippen molar-refractivity contribution in [3.05, 3.63) is 68.2 Å². The minimum absolute atomic E-state index is 0.0671. The summed E-state index contributed by atoms with van der Waals surface area (Å²) in [6.45, 7) is 1.83. The summed E-state index contributed by atoms with van der Waals surface area (Å²) in [5.74, 6) is -1.32. The van der Waals surface area contributed by atoms with E-state index in [9.17, 15) is 23.3 Å². The zero-order valence-corrected chi connectivity index (χ0v) is 14.4. The van der Waals surface area contributed by atoms with Crippen LogP contribution in [0.5, 0.6) is 0 Å². The number of hydrogen-bond acceptors (Lipinski definition) is 5. The lowest BCUT2D eigenvalue weighted by Crippen LogP contribution is -2.16. The van der Waals surface area contributed by atoms with E-state index >= 15 is 0 Å². The Balaban J connectivity index is 2.26. The molecule has 2 rings (SSSR count). The highest BCUT2D eigenvalue weighted by Gasteiger charge is 2.22. The van der Waals surface area contributed by atoms with Crippen LogP contribution in [0.25, 0.3) is 0 Å². The second kappa shape index (κ2) is 6.59. The molecule has 0 bridgehead atoms. The second-order valence-corrected chi connectivity index (χ2v) is 7.76. The first kappa shape index (κ1) is 17.3. The summed E-state index contributed by atoms with van der Waals surface area (Å²) in [4.78, 5) is 22.4. The first-order valence-electron chi connectivity index (χ1n) is 6.47. The van der Waals surface area contributed by atoms with E-state index in [-0.39, 0.29) is 20.6 Å². The largest absolute Gasteiger partial charge is 0.293 e. The van der Waals surface area contributed by atoms with Crippen molar-refractivity contribution in [2.45, 2.75) is 11.8 Å². The molecule has 0 amide bonds. The van der Waals surface area contributed by atoms with E-state index in [1.54, 1.807) is 12.1 Å². The fraction of sp³-hybridized carbons (Fsp3) is 0.133. The molecule has 0 saturated carbocycles. The number of benzene rings is 2. The van der Waals surface area contributed by atoms with Crippen molar-refractivity contribution in [3.63, 3.8) is 0 Å². The first-order valence-corrected chi connectivity index (χ1v) is 8.92. The van der Waals surface area contributed by atoms with E-state index in [4.69, 9.17) is 0 Å². The normalized spacial score (nSPS) is 11.2. The van der Waals surface area contributed by atoms with Gasteiger partial charge in [0.25, 0.3) is 5.69 Å². The zero-order valence-electron chi connectivity index (χ0n) is 12.0. The van der Waals surface area contributed by atoms with Gasteiger partial charge in [-0.05, 0) is 47.1 Å². The van der Waals surface area contributed by atoms with Crippen LogP contribution in [0, 0.1) is 17.0 Å². The number of aryl methyl sites for hydroxylation is 1. The van der Waals surface area contributed by atoms with Crippen LogP contribution < -0.4 is 0 Å². The number of carbonyl (C=O) groups excluding carboxylic acids is 1. The lowest BCUT2D eigenvalue weighted by molar-refractivity contribution is -0.385. The molecule has 6 nitrogen and oxygen atoms in total. The molecule has 0 radical (unpaired) electrons. The Morgan fingerprint density at radius 3 is 2.30 bits per heavy atom. The molecule has 0 fully saturated rings. The Hall–Kier alpha value is -2.06. The topological polar surface area (TPSA) is 94.3 Å². The lowest BCUT2D eigenvalue weighted by Gasteiger charge is -2.05. The standard InChI is InChI=1S/C15H12BrNO5S/c1-10-2-5-12(6-3-10)23(21,22)9-15(18)11-4-7-14(17(19)20)13(16)8-11/h2-8H,9H2,1H3. The molecule has 2 aromatic rings. The van der Waals surface area contributed by atoms with Gasteiger partial charge < -0.3 is 0 Å². The lowest BCUT2D eigenvalue weighted by atomic mass is 10.1. The summed E-state index contributed by atoms with van der Waals surface area (Å²) < 4.78 is 24.6. The van der Waals surface area contributed by atoms with Crippen molar-refractivity contribution in [1.82, 2.24) is 0 Å². The van der Waals surface area contributed by atoms with Crippen LogP contribution >= 0.6 is 15.9 Å². The van der Waals surface area contributed by atoms with E-state index < -0.39 is 26.3 Å². The van der Waals surface area contributed by atoms with Crippen molar-refractivity contribution in [2.75, 3.05) is 5.75 Å². The molecule has 0 N–H and O–H groups in total. The van der Waals surface area contributed by atoms with Crippen LogP contribution in [0.2, 0.25) is 0 Å². The average Bonchev–Trinajstić information content (AvgIpc) is 2.46. The number of hydrogen-bond donors (Lipinski definition) is 0. The summed E-state index contributed by atoms with van der Waals surface area (Å²) >= 11 is 3.01. The number of halogens is 1. The van der Waals surface area contributed by atoms with Crippen LogP contribution in [0.4, 0.5) is 5.69 Å². The number of Topliss-reactive ketones (excluding diaryl/α,β-unsaturated/α-hetero) is 1. The molecule has 0 heterocycles. The van der Waals surface area contributed by atoms with Gasteiger partial charge in [0.2, 0.25) is 0 Å². The van der Waals surface area contributed by atoms with E-state index in [1.165, 1.54) is 24.3 Å². The van der Waals surface area contributed by atoms with E-state index in [1.807, 2.05) is 6.92 Å². The van der Waals surface area contributed by atoms with E-state index in [2.05, 4.69) is 15.9 Å². The molecule has 23 heavy (non-hydrogen) atoms. The first-order chi connectivity index (χ1) is 10.7. The number of nitro benzene ring substituents is 1. The minimum atomic E-state index is -3.76. The molecule has 120 valence electrons. The predicted octanol–water partition coefficient (Wildman–Crippen LogP) is 3.32. The molecule has 0 atom stereocenters. The summed E-state index contributed by atoms with van der Waals surface area (Å²) in [6, 6.07) is 9.86. The summed E-state index contributed by atoms with van der Waals surface area (Å²) in [5.41, 5.74) is 0.815. The zero-order chi connectivity index (χ0) is 17.2. The molecule has 0 aliphatic carbocycles. The van der Waals surface area contributed by atoms with E-state index in [0.717, 1.165) is 11.6 Å². The fourth-order valence-corrected chi connectivity index (χ4v) is 3.67. The van der Waals surface area contributed by atoms with Crippen molar-refractivity contribution >= 4 is 37.2 Å². The number of rotatable bonds is 5. The van der Waals surface area contributed by atoms with Gasteiger partial charge in [0.05, 0.1) is 14.3 Å². The average molecular weight is 398 g/mol. The van der Waals surface area contributed by atoms with Gasteiger partial charge in [0.1, 0.15) is 5.75 Å². The highest BCUT2D eigenvalue weighted by Crippen LogP contribution is 2.26. The summed E-state index contributed by atoms with van der Waals surface area (Å²) in [5, 5.41) is 10.7. The number of sulfone groups is 1. The van der Waals surface area contributed by atoms with Gasteiger partial charge in [-0.15, -0.1) is 0 Å². The van der Waals surface area contributed by atoms with Crippen LogP contribution in [0.15, 0.2) is 51.8 Å². The Kier molecular flexibility index (Phi) is 4.96. The van der Waals surface area contributed by atoms with Crippen LogP contribution in [-0.2, 0) is 9.84 Å². The van der Waals surface area contributed by atoms with E-state index in [0.29, 0.717) is 0 Å². The smallest absolute Gasteiger partial charge is 0.283 e. The third-order valence-corrected chi connectivity index (χ3v) is 5.44. The van der Waals surface area contributed by atoms with Gasteiger partial charge in [-0.2, -0.15) is 0 Å². The Labute approximate surface area is 141 Å². The Morgan fingerprint density at radius 2 is 1.78 bits per heavy atom. The molecule has 0 aliphatic heterocycles. The second-order valence-electron chi connectivity index (χ2n) is 4.92. The van der Waals surface area contributed by atoms with Gasteiger partial charge in [-0.1, -0.05) is 17.7 Å². The third-order valence-electron chi connectivity index (χ3n) is 3.17. The van der Waals surface area contributed by atoms with Crippen molar-refractivity contribution in [2.24, 2.45) is 0 Å². The van der Waals surface area contributed by atoms with Crippen LogP contribution in [0.3, 0.4) is 0 Å². The van der Waals surface area contributed by atoms with Crippen molar-refractivity contribution < 1.29 is 18.1 Å². The maximum absolute atomic E-state index is 12.2. The molecule has 2 aromatic carbocycles. The van der Waals surface area contributed by atoms with Crippen LogP contribution in [-0.4, -0.2) is 24.9 Å². The number of nitrogens with zero attached hydrogens (tertiary/aromatic N) is 1. The molecule has 0 unspecified atom stereocenters. The van der Waals surface area contributed by atoms with Gasteiger partial charge >= 0.3 is 0 Å². The maximum Gasteiger partial charge on any atom is 0.283 e. The molecular weight excluding hydrogens is 386 g/mol. The summed E-state index contributed by atoms with van der Waals surface area (Å²) in [6.07, 6.45) is 0. The SMILES string of the molecule is Cc1ccc(S(=O)(=O)CC(=O)c2ccc([N+](=O)[O-])c(Br)c2)cc1. The molecular formula is C15H12BrNO5S. The number of carbonyl (C=O) groups is 1. The van der Waals surface area contributed by atoms with Gasteiger partial charge in [0.15, 0.2) is 15.6 Å². The molecule has 0 saturated heterocycles. The minimum Gasteiger partial charge on any atom is -0.293 e. The Bertz CT molecular complexity index is 875. The molecule has 0 aliphatic rings. The molecule has 0 aromatic heterocycles. The quantitative estimate of drug-likeness (QED) is 0.438. The number of nitro groups is 1. The maximum atomic E-state index is 12.2. The number of ketones is 1. The monoisotopic (exact) mass is 397 g/mol.